The van der Waals surface area contributed by atoms with Crippen molar-refractivity contribution in [3.8, 4) is 0 Å². The van der Waals surface area contributed by atoms with Gasteiger partial charge in [0.2, 0.25) is 0 Å². The van der Waals surface area contributed by atoms with Crippen LogP contribution in [-0.2, 0) is 18.3 Å². The van der Waals surface area contributed by atoms with Crippen molar-refractivity contribution in [2.75, 3.05) is 20.6 Å². The quantitative estimate of drug-likeness (QED) is 0.926. The summed E-state index contributed by atoms with van der Waals surface area (Å²) < 4.78 is 0. The highest BCUT2D eigenvalue weighted by Crippen LogP contribution is 2.58. The van der Waals surface area contributed by atoms with Gasteiger partial charge in [-0.2, -0.15) is 0 Å². The molecule has 1 aliphatic heterocycles. The van der Waals surface area contributed by atoms with Gasteiger partial charge in [0.25, 0.3) is 0 Å². The largest absolute Gasteiger partial charge is 0.389 e. The summed E-state index contributed by atoms with van der Waals surface area (Å²) >= 11 is 0. The van der Waals surface area contributed by atoms with E-state index in [4.69, 9.17) is 0 Å². The van der Waals surface area contributed by atoms with Crippen molar-refractivity contribution in [2.45, 2.75) is 49.5 Å². The van der Waals surface area contributed by atoms with E-state index in [1.54, 1.807) is 0 Å². The molecule has 3 heteroatoms. The van der Waals surface area contributed by atoms with Crippen LogP contribution in [0, 0.1) is 0 Å². The minimum atomic E-state index is -0.544. The van der Waals surface area contributed by atoms with Crippen LogP contribution in [0.25, 0.3) is 0 Å². The monoisotopic (exact) mass is 284 g/mol. The molecule has 4 rings (SSSR count). The maximum absolute atomic E-state index is 11.4. The molecule has 1 unspecified atom stereocenters. The Hall–Kier alpha value is -1.19. The molecular weight excluding hydrogens is 260 g/mol. The van der Waals surface area contributed by atoms with Crippen LogP contribution in [0.15, 0.2) is 17.1 Å². The first-order valence-corrected chi connectivity index (χ1v) is 8.11. The van der Waals surface area contributed by atoms with Crippen LogP contribution in [0.5, 0.6) is 0 Å². The van der Waals surface area contributed by atoms with Crippen LogP contribution in [0.2, 0.25) is 0 Å². The van der Waals surface area contributed by atoms with Gasteiger partial charge in [0, 0.05) is 24.6 Å². The lowest BCUT2D eigenvalue weighted by Crippen LogP contribution is -2.61. The number of fused-ring (bicyclic) bond motifs is 3. The van der Waals surface area contributed by atoms with Gasteiger partial charge in [-0.25, -0.2) is 0 Å². The molecule has 1 N–H and O–H groups in total. The van der Waals surface area contributed by atoms with Gasteiger partial charge < -0.3 is 10.0 Å². The first-order valence-electron chi connectivity index (χ1n) is 8.11. The number of likely N-dealkylation sites (N-methyl/N-ethyl adjacent to an activating group) is 1. The van der Waals surface area contributed by atoms with Gasteiger partial charge in [-0.3, -0.25) is 4.99 Å². The number of benzene rings is 1. The molecule has 3 nitrogen and oxygen atoms in total. The van der Waals surface area contributed by atoms with E-state index in [1.807, 2.05) is 6.21 Å². The molecule has 1 aromatic rings. The molecular formula is C18H24N2O. The van der Waals surface area contributed by atoms with Crippen LogP contribution < -0.4 is 0 Å². The number of nitrogens with zero attached hydrogens (tertiary/aromatic N) is 2. The highest BCUT2D eigenvalue weighted by Gasteiger charge is 2.59. The molecule has 112 valence electrons. The highest BCUT2D eigenvalue weighted by atomic mass is 16.3. The SMILES string of the molecule is CN(C)CC1(C2(O)CCCC2)Cc2ccc3c(c21)N=CC3. The Bertz CT molecular complexity index is 614. The molecule has 0 amide bonds. The van der Waals surface area contributed by atoms with E-state index in [1.165, 1.54) is 22.4 Å². The smallest absolute Gasteiger partial charge is 0.0760 e. The summed E-state index contributed by atoms with van der Waals surface area (Å²) in [5.74, 6) is 0. The summed E-state index contributed by atoms with van der Waals surface area (Å²) in [6.07, 6.45) is 8.14. The number of rotatable bonds is 3. The van der Waals surface area contributed by atoms with E-state index in [-0.39, 0.29) is 5.41 Å². The third-order valence-corrected chi connectivity index (χ3v) is 5.76. The van der Waals surface area contributed by atoms with Gasteiger partial charge >= 0.3 is 0 Å². The topological polar surface area (TPSA) is 35.8 Å². The zero-order chi connectivity index (χ0) is 14.7. The lowest BCUT2D eigenvalue weighted by molar-refractivity contribution is -0.0559. The zero-order valence-electron chi connectivity index (χ0n) is 13.0. The van der Waals surface area contributed by atoms with Crippen molar-refractivity contribution in [3.05, 3.63) is 28.8 Å². The Morgan fingerprint density at radius 1 is 1.19 bits per heavy atom. The van der Waals surface area contributed by atoms with Gasteiger partial charge in [0.05, 0.1) is 11.3 Å². The molecule has 1 fully saturated rings. The average molecular weight is 284 g/mol. The fourth-order valence-electron chi connectivity index (χ4n) is 4.87. The maximum Gasteiger partial charge on any atom is 0.0760 e. The molecule has 1 atom stereocenters. The molecule has 0 aromatic heterocycles. The van der Waals surface area contributed by atoms with E-state index < -0.39 is 5.60 Å². The lowest BCUT2D eigenvalue weighted by atomic mass is 9.53. The maximum atomic E-state index is 11.4. The molecule has 0 spiro atoms. The van der Waals surface area contributed by atoms with Crippen molar-refractivity contribution in [3.63, 3.8) is 0 Å². The number of hydrogen-bond acceptors (Lipinski definition) is 3. The van der Waals surface area contributed by atoms with E-state index in [0.29, 0.717) is 0 Å². The summed E-state index contributed by atoms with van der Waals surface area (Å²) in [6.45, 7) is 0.919. The molecule has 0 radical (unpaired) electrons. The molecule has 21 heavy (non-hydrogen) atoms. The second-order valence-electron chi connectivity index (χ2n) is 7.36. The number of aliphatic imine (C=N–C) groups is 1. The van der Waals surface area contributed by atoms with Gasteiger partial charge in [0.1, 0.15) is 0 Å². The zero-order valence-corrected chi connectivity index (χ0v) is 13.0. The number of aliphatic hydroxyl groups is 1. The fourth-order valence-corrected chi connectivity index (χ4v) is 4.87. The summed E-state index contributed by atoms with van der Waals surface area (Å²) in [5.41, 5.74) is 4.59. The minimum absolute atomic E-state index is 0.116. The molecule has 1 saturated carbocycles. The molecule has 1 aromatic carbocycles. The lowest BCUT2D eigenvalue weighted by Gasteiger charge is -2.55. The predicted molar refractivity (Wildman–Crippen MR) is 85.7 cm³/mol. The van der Waals surface area contributed by atoms with Crippen LogP contribution in [-0.4, -0.2) is 42.5 Å². The Balaban J connectivity index is 1.87. The predicted octanol–water partition coefficient (Wildman–Crippen LogP) is 2.61. The molecule has 2 aliphatic carbocycles. The second-order valence-corrected chi connectivity index (χ2v) is 7.36. The third-order valence-electron chi connectivity index (χ3n) is 5.76. The van der Waals surface area contributed by atoms with Crippen LogP contribution in [0.3, 0.4) is 0 Å². The molecule has 1 heterocycles. The molecule has 0 bridgehead atoms. The average Bonchev–Trinajstić information content (AvgIpc) is 3.03. The summed E-state index contributed by atoms with van der Waals surface area (Å²) in [5, 5.41) is 11.4. The third kappa shape index (κ3) is 1.71. The molecule has 3 aliphatic rings. The van der Waals surface area contributed by atoms with E-state index in [0.717, 1.165) is 45.1 Å². The van der Waals surface area contributed by atoms with Gasteiger partial charge in [-0.15, -0.1) is 0 Å². The fraction of sp³-hybridized carbons (Fsp3) is 0.611. The van der Waals surface area contributed by atoms with Crippen molar-refractivity contribution in [2.24, 2.45) is 4.99 Å². The van der Waals surface area contributed by atoms with Crippen molar-refractivity contribution in [1.29, 1.82) is 0 Å². The van der Waals surface area contributed by atoms with Crippen molar-refractivity contribution in [1.82, 2.24) is 4.90 Å². The van der Waals surface area contributed by atoms with E-state index in [9.17, 15) is 5.11 Å². The van der Waals surface area contributed by atoms with E-state index in [2.05, 4.69) is 36.1 Å². The van der Waals surface area contributed by atoms with Gasteiger partial charge in [-0.1, -0.05) is 25.0 Å². The summed E-state index contributed by atoms with van der Waals surface area (Å²) in [6, 6.07) is 4.48. The minimum Gasteiger partial charge on any atom is -0.389 e. The Labute approximate surface area is 126 Å². The summed E-state index contributed by atoms with van der Waals surface area (Å²) in [7, 11) is 4.23. The first kappa shape index (κ1) is 13.5. The van der Waals surface area contributed by atoms with Crippen LogP contribution in [0.4, 0.5) is 5.69 Å². The Morgan fingerprint density at radius 2 is 1.90 bits per heavy atom. The van der Waals surface area contributed by atoms with Crippen LogP contribution in [0.1, 0.15) is 42.4 Å². The normalized spacial score (nSPS) is 28.6. The van der Waals surface area contributed by atoms with Crippen molar-refractivity contribution >= 4 is 11.9 Å². The Kier molecular flexibility index (Phi) is 2.82. The Morgan fingerprint density at radius 3 is 2.62 bits per heavy atom. The summed E-state index contributed by atoms with van der Waals surface area (Å²) in [4.78, 5) is 6.89. The second kappa shape index (κ2) is 4.40. The molecule has 0 saturated heterocycles. The number of hydrogen-bond donors (Lipinski definition) is 1. The van der Waals surface area contributed by atoms with Crippen molar-refractivity contribution < 1.29 is 5.11 Å². The van der Waals surface area contributed by atoms with Gasteiger partial charge in [-0.05, 0) is 50.0 Å². The van der Waals surface area contributed by atoms with E-state index >= 15 is 0 Å². The highest BCUT2D eigenvalue weighted by molar-refractivity contribution is 5.81. The standard InChI is InChI=1S/C18H24N2O/c1-20(2)12-17(18(21)8-3-4-9-18)11-14-6-5-13-7-10-19-16(13)15(14)17/h5-6,10,21H,3-4,7-9,11-12H2,1-2H3. The first-order chi connectivity index (χ1) is 10.1. The van der Waals surface area contributed by atoms with Gasteiger partial charge in [0.15, 0.2) is 0 Å². The van der Waals surface area contributed by atoms with Crippen LogP contribution >= 0.6 is 0 Å².